The number of benzene rings is 3. The van der Waals surface area contributed by atoms with E-state index in [1.165, 1.54) is 53.9 Å². The average Bonchev–Trinajstić information content (AvgIpc) is 2.84. The summed E-state index contributed by atoms with van der Waals surface area (Å²) in [5, 5.41) is 3.85. The smallest absolute Gasteiger partial charge is 0.251 e. The number of thioether (sulfide) groups is 1. The van der Waals surface area contributed by atoms with Gasteiger partial charge in [-0.1, -0.05) is 54.4 Å². The summed E-state index contributed by atoms with van der Waals surface area (Å²) in [6.07, 6.45) is 3.91. The van der Waals surface area contributed by atoms with Crippen LogP contribution in [0.15, 0.2) is 77.7 Å². The molecular formula is C27H29ClN2OS. The number of nitrogens with one attached hydrogen (secondary N) is 1. The van der Waals surface area contributed by atoms with Crippen molar-refractivity contribution in [2.45, 2.75) is 43.0 Å². The minimum absolute atomic E-state index is 0.0327. The van der Waals surface area contributed by atoms with E-state index in [-0.39, 0.29) is 5.91 Å². The van der Waals surface area contributed by atoms with Crippen LogP contribution in [0.2, 0.25) is 5.02 Å². The van der Waals surface area contributed by atoms with Crippen LogP contribution >= 0.6 is 23.4 Å². The number of piperidine rings is 1. The lowest BCUT2D eigenvalue weighted by atomic mass is 10.0. The summed E-state index contributed by atoms with van der Waals surface area (Å²) >= 11 is 7.70. The van der Waals surface area contributed by atoms with Gasteiger partial charge in [0.25, 0.3) is 5.91 Å². The van der Waals surface area contributed by atoms with Crippen molar-refractivity contribution in [3.63, 3.8) is 0 Å². The lowest BCUT2D eigenvalue weighted by molar-refractivity contribution is 0.0950. The van der Waals surface area contributed by atoms with Crippen molar-refractivity contribution < 1.29 is 4.79 Å². The Morgan fingerprint density at radius 2 is 1.56 bits per heavy atom. The number of carbonyl (C=O) groups is 1. The molecule has 1 amide bonds. The normalized spacial score (nSPS) is 14.3. The Morgan fingerprint density at radius 3 is 2.28 bits per heavy atom. The van der Waals surface area contributed by atoms with Crippen molar-refractivity contribution >= 4 is 29.3 Å². The first-order valence-electron chi connectivity index (χ1n) is 11.2. The standard InChI is InChI=1S/C27H29ClN2OS/c28-25-12-14-26(15-13-25)32-20-21-8-10-22(11-9-21)27(31)29-18-23-6-2-3-7-24(23)19-30-16-4-1-5-17-30/h2-3,6-15H,1,4-5,16-20H2,(H,29,31). The number of halogens is 1. The maximum absolute atomic E-state index is 12.7. The van der Waals surface area contributed by atoms with E-state index >= 15 is 0 Å². The Bertz CT molecular complexity index is 1010. The number of hydrogen-bond donors (Lipinski definition) is 1. The van der Waals surface area contributed by atoms with Crippen LogP contribution in [0.4, 0.5) is 0 Å². The summed E-state index contributed by atoms with van der Waals surface area (Å²) in [6.45, 7) is 3.86. The number of nitrogens with zero attached hydrogens (tertiary/aromatic N) is 1. The first-order valence-corrected chi connectivity index (χ1v) is 12.6. The van der Waals surface area contributed by atoms with Gasteiger partial charge in [0.2, 0.25) is 0 Å². The van der Waals surface area contributed by atoms with Gasteiger partial charge in [-0.25, -0.2) is 0 Å². The maximum Gasteiger partial charge on any atom is 0.251 e. The molecule has 32 heavy (non-hydrogen) atoms. The Morgan fingerprint density at radius 1 is 0.875 bits per heavy atom. The number of hydrogen-bond acceptors (Lipinski definition) is 3. The van der Waals surface area contributed by atoms with Crippen molar-refractivity contribution in [1.29, 1.82) is 0 Å². The highest BCUT2D eigenvalue weighted by Gasteiger charge is 2.13. The van der Waals surface area contributed by atoms with E-state index in [9.17, 15) is 4.79 Å². The van der Waals surface area contributed by atoms with Gasteiger partial charge in [0.05, 0.1) is 0 Å². The van der Waals surface area contributed by atoms with E-state index in [2.05, 4.69) is 28.4 Å². The monoisotopic (exact) mass is 464 g/mol. The molecule has 4 rings (SSSR count). The predicted octanol–water partition coefficient (Wildman–Crippen LogP) is 6.55. The van der Waals surface area contributed by atoms with Gasteiger partial charge in [0.15, 0.2) is 0 Å². The molecule has 5 heteroatoms. The molecule has 3 nitrogen and oxygen atoms in total. The summed E-state index contributed by atoms with van der Waals surface area (Å²) in [5.74, 6) is 0.822. The highest BCUT2D eigenvalue weighted by Crippen LogP contribution is 2.24. The molecule has 1 fully saturated rings. The molecule has 0 atom stereocenters. The van der Waals surface area contributed by atoms with Crippen LogP contribution in [0.3, 0.4) is 0 Å². The van der Waals surface area contributed by atoms with Crippen molar-refractivity contribution in [3.8, 4) is 0 Å². The highest BCUT2D eigenvalue weighted by atomic mass is 35.5. The van der Waals surface area contributed by atoms with Gasteiger partial charge >= 0.3 is 0 Å². The van der Waals surface area contributed by atoms with Gasteiger partial charge < -0.3 is 5.32 Å². The molecule has 0 spiro atoms. The zero-order chi connectivity index (χ0) is 22.2. The fourth-order valence-electron chi connectivity index (χ4n) is 3.97. The van der Waals surface area contributed by atoms with Crippen LogP contribution in [0.25, 0.3) is 0 Å². The van der Waals surface area contributed by atoms with Gasteiger partial charge in [-0.3, -0.25) is 9.69 Å². The minimum atomic E-state index is -0.0327. The topological polar surface area (TPSA) is 32.3 Å². The van der Waals surface area contributed by atoms with Crippen LogP contribution in [-0.2, 0) is 18.8 Å². The summed E-state index contributed by atoms with van der Waals surface area (Å²) < 4.78 is 0. The first kappa shape index (κ1) is 22.9. The largest absolute Gasteiger partial charge is 0.348 e. The van der Waals surface area contributed by atoms with E-state index in [0.717, 1.165) is 17.3 Å². The molecule has 0 radical (unpaired) electrons. The second-order valence-corrected chi connectivity index (χ2v) is 9.71. The highest BCUT2D eigenvalue weighted by molar-refractivity contribution is 7.98. The van der Waals surface area contributed by atoms with E-state index in [0.29, 0.717) is 12.1 Å². The molecule has 0 saturated carbocycles. The summed E-state index contributed by atoms with van der Waals surface area (Å²) in [6, 6.07) is 24.2. The molecule has 0 aliphatic carbocycles. The zero-order valence-corrected chi connectivity index (χ0v) is 19.8. The molecule has 1 aliphatic rings. The maximum atomic E-state index is 12.7. The second-order valence-electron chi connectivity index (χ2n) is 8.23. The molecule has 0 unspecified atom stereocenters. The molecule has 3 aromatic rings. The van der Waals surface area contributed by atoms with Crippen molar-refractivity contribution in [2.75, 3.05) is 13.1 Å². The number of amides is 1. The van der Waals surface area contributed by atoms with E-state index < -0.39 is 0 Å². The number of carbonyl (C=O) groups excluding carboxylic acids is 1. The fraction of sp³-hybridized carbons (Fsp3) is 0.296. The third kappa shape index (κ3) is 6.61. The van der Waals surface area contributed by atoms with E-state index in [4.69, 9.17) is 11.6 Å². The third-order valence-electron chi connectivity index (χ3n) is 5.84. The third-order valence-corrected chi connectivity index (χ3v) is 7.17. The predicted molar refractivity (Wildman–Crippen MR) is 134 cm³/mol. The van der Waals surface area contributed by atoms with Gasteiger partial charge in [-0.15, -0.1) is 11.8 Å². The van der Waals surface area contributed by atoms with Gasteiger partial charge in [0, 0.05) is 34.3 Å². The second kappa shape index (κ2) is 11.6. The molecular weight excluding hydrogens is 436 g/mol. The zero-order valence-electron chi connectivity index (χ0n) is 18.2. The molecule has 0 aromatic heterocycles. The molecule has 0 bridgehead atoms. The molecule has 1 saturated heterocycles. The first-order chi connectivity index (χ1) is 15.7. The van der Waals surface area contributed by atoms with Crippen LogP contribution in [0.1, 0.15) is 46.3 Å². The van der Waals surface area contributed by atoms with Crippen LogP contribution in [0.5, 0.6) is 0 Å². The number of likely N-dealkylation sites (tertiary alicyclic amines) is 1. The van der Waals surface area contributed by atoms with Crippen molar-refractivity contribution in [1.82, 2.24) is 10.2 Å². The summed E-state index contributed by atoms with van der Waals surface area (Å²) in [4.78, 5) is 16.4. The van der Waals surface area contributed by atoms with Gasteiger partial charge in [-0.2, -0.15) is 0 Å². The lowest BCUT2D eigenvalue weighted by Gasteiger charge is -2.27. The quantitative estimate of drug-likeness (QED) is 0.384. The Balaban J connectivity index is 1.30. The van der Waals surface area contributed by atoms with Crippen molar-refractivity contribution in [2.24, 2.45) is 0 Å². The van der Waals surface area contributed by atoms with Gasteiger partial charge in [-0.05, 0) is 79.0 Å². The molecule has 1 heterocycles. The summed E-state index contributed by atoms with van der Waals surface area (Å²) in [5.41, 5.74) is 4.39. The Kier molecular flexibility index (Phi) is 8.27. The average molecular weight is 465 g/mol. The Hall–Kier alpha value is -2.27. The van der Waals surface area contributed by atoms with E-state index in [1.807, 2.05) is 54.6 Å². The number of rotatable bonds is 8. The molecule has 1 N–H and O–H groups in total. The summed E-state index contributed by atoms with van der Waals surface area (Å²) in [7, 11) is 0. The fourth-order valence-corrected chi connectivity index (χ4v) is 4.95. The van der Waals surface area contributed by atoms with E-state index in [1.54, 1.807) is 11.8 Å². The SMILES string of the molecule is O=C(NCc1ccccc1CN1CCCCC1)c1ccc(CSc2ccc(Cl)cc2)cc1. The van der Waals surface area contributed by atoms with Crippen molar-refractivity contribution in [3.05, 3.63) is 100 Å². The van der Waals surface area contributed by atoms with Crippen LogP contribution in [0, 0.1) is 0 Å². The molecule has 166 valence electrons. The minimum Gasteiger partial charge on any atom is -0.348 e. The van der Waals surface area contributed by atoms with Crippen LogP contribution < -0.4 is 5.32 Å². The lowest BCUT2D eigenvalue weighted by Crippen LogP contribution is -2.30. The Labute approximate surface area is 200 Å². The molecule has 3 aromatic carbocycles. The van der Waals surface area contributed by atoms with Crippen LogP contribution in [-0.4, -0.2) is 23.9 Å². The van der Waals surface area contributed by atoms with Gasteiger partial charge in [0.1, 0.15) is 0 Å². The molecule has 1 aliphatic heterocycles.